The molecule has 0 fully saturated rings. The monoisotopic (exact) mass is 1100 g/mol. The Labute approximate surface area is 430 Å². The van der Waals surface area contributed by atoms with E-state index in [-0.39, 0.29) is 67.3 Å². The Balaban J connectivity index is 1.43. The number of anilines is 1. The number of allylic oxidation sites excluding steroid dienone is 8. The lowest BCUT2D eigenvalue weighted by molar-refractivity contribution is -0.438. The average Bonchev–Trinajstić information content (AvgIpc) is 3.67. The summed E-state index contributed by atoms with van der Waals surface area (Å²) in [5.74, 6) is -2.12. The minimum absolute atomic E-state index is 0.00388. The van der Waals surface area contributed by atoms with Gasteiger partial charge in [-0.2, -0.15) is 38.2 Å². The molecule has 0 saturated heterocycles. The van der Waals surface area contributed by atoms with Crippen molar-refractivity contribution in [1.82, 2.24) is 5.32 Å². The van der Waals surface area contributed by atoms with E-state index in [0.29, 0.717) is 59.8 Å². The molecule has 0 spiro atoms. The van der Waals surface area contributed by atoms with Crippen LogP contribution in [0.1, 0.15) is 80.8 Å². The van der Waals surface area contributed by atoms with Crippen molar-refractivity contribution in [2.24, 2.45) is 0 Å². The molecular formula is C50H60N3O17S4+. The minimum Gasteiger partial charge on any atom is -0.481 e. The highest BCUT2D eigenvalue weighted by Crippen LogP contribution is 2.54. The number of aliphatic carboxylic acids is 1. The van der Waals surface area contributed by atoms with E-state index in [0.717, 1.165) is 23.5 Å². The number of amides is 1. The topological polar surface area (TPSA) is 309 Å². The summed E-state index contributed by atoms with van der Waals surface area (Å²) in [7, 11) is -16.4. The van der Waals surface area contributed by atoms with Gasteiger partial charge in [-0.25, -0.2) is 0 Å². The van der Waals surface area contributed by atoms with Crippen LogP contribution in [0.15, 0.2) is 111 Å². The van der Waals surface area contributed by atoms with Crippen molar-refractivity contribution in [3.05, 3.63) is 113 Å². The second-order valence-corrected chi connectivity index (χ2v) is 24.4. The van der Waals surface area contributed by atoms with Crippen LogP contribution < -0.4 is 10.2 Å². The van der Waals surface area contributed by atoms with Gasteiger partial charge in [-0.15, -0.1) is 0 Å². The fourth-order valence-electron chi connectivity index (χ4n) is 9.97. The largest absolute Gasteiger partial charge is 0.481 e. The summed E-state index contributed by atoms with van der Waals surface area (Å²) in [5.41, 5.74) is 1.55. The first kappa shape index (κ1) is 57.6. The van der Waals surface area contributed by atoms with Gasteiger partial charge in [0.2, 0.25) is 5.69 Å². The van der Waals surface area contributed by atoms with Crippen molar-refractivity contribution >= 4 is 91.0 Å². The quantitative estimate of drug-likeness (QED) is 0.0182. The predicted octanol–water partition coefficient (Wildman–Crippen LogP) is 6.78. The van der Waals surface area contributed by atoms with Crippen LogP contribution in [-0.4, -0.2) is 132 Å². The van der Waals surface area contributed by atoms with E-state index in [2.05, 4.69) is 9.89 Å². The lowest BCUT2D eigenvalue weighted by Crippen LogP contribution is -2.31. The average molecular weight is 1100 g/mol. The summed E-state index contributed by atoms with van der Waals surface area (Å²) >= 11 is 0. The summed E-state index contributed by atoms with van der Waals surface area (Å²) in [4.78, 5) is 24.4. The van der Waals surface area contributed by atoms with Gasteiger partial charge in [0.25, 0.3) is 46.4 Å². The third kappa shape index (κ3) is 12.7. The molecule has 4 aromatic carbocycles. The molecule has 1 atom stereocenters. The highest BCUT2D eigenvalue weighted by atomic mass is 32.2. The highest BCUT2D eigenvalue weighted by Gasteiger charge is 2.47. The zero-order valence-electron chi connectivity index (χ0n) is 41.3. The van der Waals surface area contributed by atoms with Crippen LogP contribution in [-0.2, 0) is 65.6 Å². The van der Waals surface area contributed by atoms with Crippen LogP contribution in [0, 0.1) is 0 Å². The fraction of sp³-hybridized carbons (Fsp3) is 0.380. The first-order valence-corrected chi connectivity index (χ1v) is 29.2. The van der Waals surface area contributed by atoms with Crippen LogP contribution in [0.4, 0.5) is 11.4 Å². The van der Waals surface area contributed by atoms with Gasteiger partial charge in [-0.05, 0) is 105 Å². The summed E-state index contributed by atoms with van der Waals surface area (Å²) in [6.07, 6.45) is 13.9. The second kappa shape index (κ2) is 22.7. The Bertz CT molecular complexity index is 3510. The van der Waals surface area contributed by atoms with Gasteiger partial charge in [0, 0.05) is 91.0 Å². The molecule has 2 aliphatic heterocycles. The van der Waals surface area contributed by atoms with Crippen molar-refractivity contribution in [3.8, 4) is 0 Å². The number of benzene rings is 4. The van der Waals surface area contributed by atoms with Crippen molar-refractivity contribution in [2.75, 3.05) is 57.7 Å². The van der Waals surface area contributed by atoms with Crippen molar-refractivity contribution in [2.45, 2.75) is 84.8 Å². The lowest BCUT2D eigenvalue weighted by atomic mass is 9.75. The third-order valence-corrected chi connectivity index (χ3v) is 16.6. The predicted molar refractivity (Wildman–Crippen MR) is 278 cm³/mol. The van der Waals surface area contributed by atoms with Gasteiger partial charge in [-0.1, -0.05) is 36.4 Å². The lowest BCUT2D eigenvalue weighted by Gasteiger charge is -2.30. The number of carboxylic acid groups (broad SMARTS) is 1. The normalized spacial score (nSPS) is 17.7. The maximum absolute atomic E-state index is 13.3. The molecule has 6 rings (SSSR count). The summed E-state index contributed by atoms with van der Waals surface area (Å²) in [6, 6.07) is 10.8. The van der Waals surface area contributed by atoms with Gasteiger partial charge in [-0.3, -0.25) is 27.8 Å². The number of rotatable bonds is 24. The van der Waals surface area contributed by atoms with Gasteiger partial charge in [0.15, 0.2) is 5.71 Å². The van der Waals surface area contributed by atoms with Gasteiger partial charge < -0.3 is 24.8 Å². The summed E-state index contributed by atoms with van der Waals surface area (Å²) in [5, 5.41) is 12.5. The molecule has 0 radical (unpaired) electrons. The Kier molecular flexibility index (Phi) is 17.6. The van der Waals surface area contributed by atoms with E-state index in [4.69, 9.17) is 9.47 Å². The number of nitrogens with one attached hydrogen (secondary N) is 1. The van der Waals surface area contributed by atoms with Crippen LogP contribution in [0.3, 0.4) is 0 Å². The van der Waals surface area contributed by atoms with Crippen molar-refractivity contribution in [1.29, 1.82) is 0 Å². The molecule has 400 valence electrons. The van der Waals surface area contributed by atoms with Gasteiger partial charge in [0.1, 0.15) is 16.3 Å². The summed E-state index contributed by atoms with van der Waals surface area (Å²) in [6.45, 7) is 6.83. The highest BCUT2D eigenvalue weighted by molar-refractivity contribution is 7.87. The number of methoxy groups -OCH3 is 2. The maximum atomic E-state index is 13.3. The molecule has 1 amide bonds. The van der Waals surface area contributed by atoms with E-state index < -0.39 is 83.6 Å². The molecule has 74 heavy (non-hydrogen) atoms. The first-order valence-electron chi connectivity index (χ1n) is 23.3. The zero-order valence-corrected chi connectivity index (χ0v) is 44.6. The van der Waals surface area contributed by atoms with E-state index >= 15 is 0 Å². The van der Waals surface area contributed by atoms with E-state index in [1.807, 2.05) is 24.8 Å². The zero-order chi connectivity index (χ0) is 54.6. The number of hydrogen-bond acceptors (Lipinski definition) is 13. The number of carboxylic acids is 1. The number of ether oxygens (including phenoxy) is 2. The number of carbonyl (C=O) groups excluding carboxylic acids is 1. The molecule has 0 bridgehead atoms. The van der Waals surface area contributed by atoms with E-state index in [9.17, 15) is 66.6 Å². The van der Waals surface area contributed by atoms with Gasteiger partial charge in [0.05, 0.1) is 29.3 Å². The number of hydrogen-bond donors (Lipinski definition) is 6. The molecule has 24 heteroatoms. The Morgan fingerprint density at radius 1 is 0.703 bits per heavy atom. The third-order valence-electron chi connectivity index (χ3n) is 13.2. The number of fused-ring (bicyclic) bond motifs is 6. The second-order valence-electron chi connectivity index (χ2n) is 18.6. The summed E-state index contributed by atoms with van der Waals surface area (Å²) < 4.78 is 153. The molecule has 0 aromatic heterocycles. The number of nitrogens with zero attached hydrogens (tertiary/aromatic N) is 2. The van der Waals surface area contributed by atoms with Crippen molar-refractivity contribution in [3.63, 3.8) is 0 Å². The minimum atomic E-state index is -5.06. The van der Waals surface area contributed by atoms with Crippen LogP contribution in [0.25, 0.3) is 21.5 Å². The van der Waals surface area contributed by atoms with Crippen LogP contribution >= 0.6 is 0 Å². The fourth-order valence-corrected chi connectivity index (χ4v) is 12.6. The molecule has 6 N–H and O–H groups in total. The van der Waals surface area contributed by atoms with E-state index in [1.165, 1.54) is 20.3 Å². The SMILES string of the molecule is COCCNC(=O)c1cc(S(=O)(=O)O)c2ccc3c(c2c1)C(C)(C)C(C=CC=CC=CC=C1N(CCOC)c2ccc4c(S(=O)(=O)O)cc(S(=O)(=O)O)cc4c2C1(C)CCCS(=O)(=O)O)=[N+]3CCCCCC(=O)O. The Morgan fingerprint density at radius 2 is 1.32 bits per heavy atom. The van der Waals surface area contributed by atoms with Crippen LogP contribution in [0.2, 0.25) is 0 Å². The Hall–Kier alpha value is -5.67. The molecule has 2 heterocycles. The van der Waals surface area contributed by atoms with Crippen molar-refractivity contribution < 1.29 is 80.6 Å². The first-order chi connectivity index (χ1) is 34.6. The number of unbranched alkanes of at least 4 members (excludes halogenated alkanes) is 2. The molecule has 0 aliphatic carbocycles. The van der Waals surface area contributed by atoms with Crippen LogP contribution in [0.5, 0.6) is 0 Å². The standard InChI is InChI=1S/C50H59N3O17S4/c1-49(2)43(52(24-13-9-12-17-45(54)55)39-20-18-35-37(46(39)49)29-33(30-41(35)73(63,64)65)48(56)51-23-26-69-4)15-10-7-6-8-11-16-44-50(3,22-14-28-71(57,58)59)47-38-31-34(72(60,61)62)32-42(74(66,67)68)36(38)19-21-40(47)53(44)25-27-70-5/h6-8,10-11,15-16,18-21,29-32H,9,12-14,17,22-28H2,1-5H3,(H5-,51,54,55,56,57,58,59,60,61,62,63,64,65,66,67,68)/p+1. The smallest absolute Gasteiger partial charge is 0.303 e. The Morgan fingerprint density at radius 3 is 1.95 bits per heavy atom. The molecule has 2 aliphatic rings. The molecule has 0 saturated carbocycles. The molecule has 20 nitrogen and oxygen atoms in total. The molecular weight excluding hydrogens is 1040 g/mol. The molecule has 4 aromatic rings. The van der Waals surface area contributed by atoms with E-state index in [1.54, 1.807) is 67.6 Å². The van der Waals surface area contributed by atoms with Gasteiger partial charge >= 0.3 is 5.97 Å². The number of carbonyl (C=O) groups is 2. The molecule has 1 unspecified atom stereocenters. The maximum Gasteiger partial charge on any atom is 0.303 e.